The molecule has 5 heteroatoms. The van der Waals surface area contributed by atoms with Crippen molar-refractivity contribution in [3.63, 3.8) is 0 Å². The normalized spacial score (nSPS) is 11.9. The van der Waals surface area contributed by atoms with Gasteiger partial charge in [0.15, 0.2) is 0 Å². The predicted molar refractivity (Wildman–Crippen MR) is 77.2 cm³/mol. The smallest absolute Gasteiger partial charge is 0.134 e. The highest BCUT2D eigenvalue weighted by molar-refractivity contribution is 5.57. The molecule has 0 spiro atoms. The van der Waals surface area contributed by atoms with Crippen molar-refractivity contribution < 1.29 is 0 Å². The van der Waals surface area contributed by atoms with Gasteiger partial charge in [-0.15, -0.1) is 0 Å². The number of pyridine rings is 1. The van der Waals surface area contributed by atoms with Crippen LogP contribution in [0, 0.1) is 6.92 Å². The SMILES string of the molecule is CCNc1ncnc(NC(C)c2cccnc2)c1C. The summed E-state index contributed by atoms with van der Waals surface area (Å²) in [4.78, 5) is 12.7. The molecule has 0 fully saturated rings. The van der Waals surface area contributed by atoms with Crippen LogP contribution in [0.1, 0.15) is 31.0 Å². The molecular formula is C14H19N5. The van der Waals surface area contributed by atoms with Gasteiger partial charge in [-0.25, -0.2) is 9.97 Å². The van der Waals surface area contributed by atoms with Gasteiger partial charge >= 0.3 is 0 Å². The molecule has 0 aromatic carbocycles. The summed E-state index contributed by atoms with van der Waals surface area (Å²) in [5.74, 6) is 1.72. The number of nitrogens with zero attached hydrogens (tertiary/aromatic N) is 3. The summed E-state index contributed by atoms with van der Waals surface area (Å²) < 4.78 is 0. The molecular weight excluding hydrogens is 238 g/mol. The summed E-state index contributed by atoms with van der Waals surface area (Å²) >= 11 is 0. The first-order valence-corrected chi connectivity index (χ1v) is 6.44. The van der Waals surface area contributed by atoms with Crippen molar-refractivity contribution >= 4 is 11.6 Å². The summed E-state index contributed by atoms with van der Waals surface area (Å²) in [6.45, 7) is 6.99. The molecule has 2 aromatic rings. The molecule has 19 heavy (non-hydrogen) atoms. The summed E-state index contributed by atoms with van der Waals surface area (Å²) in [5.41, 5.74) is 2.16. The molecule has 0 bridgehead atoms. The Labute approximate surface area is 113 Å². The van der Waals surface area contributed by atoms with Crippen LogP contribution in [0.15, 0.2) is 30.9 Å². The van der Waals surface area contributed by atoms with E-state index in [9.17, 15) is 0 Å². The van der Waals surface area contributed by atoms with Gasteiger partial charge in [0.2, 0.25) is 0 Å². The maximum absolute atomic E-state index is 4.30. The Balaban J connectivity index is 2.17. The number of hydrogen-bond donors (Lipinski definition) is 2. The zero-order valence-electron chi connectivity index (χ0n) is 11.5. The highest BCUT2D eigenvalue weighted by atomic mass is 15.1. The van der Waals surface area contributed by atoms with E-state index >= 15 is 0 Å². The zero-order chi connectivity index (χ0) is 13.7. The van der Waals surface area contributed by atoms with Crippen molar-refractivity contribution in [3.05, 3.63) is 42.0 Å². The van der Waals surface area contributed by atoms with E-state index in [-0.39, 0.29) is 6.04 Å². The average Bonchev–Trinajstić information content (AvgIpc) is 2.44. The van der Waals surface area contributed by atoms with E-state index in [4.69, 9.17) is 0 Å². The Morgan fingerprint density at radius 3 is 2.74 bits per heavy atom. The van der Waals surface area contributed by atoms with Crippen LogP contribution in [-0.2, 0) is 0 Å². The lowest BCUT2D eigenvalue weighted by Gasteiger charge is -2.17. The number of hydrogen-bond acceptors (Lipinski definition) is 5. The molecule has 0 radical (unpaired) electrons. The van der Waals surface area contributed by atoms with Gasteiger partial charge in [-0.2, -0.15) is 0 Å². The third-order valence-electron chi connectivity index (χ3n) is 2.97. The molecule has 2 aromatic heterocycles. The van der Waals surface area contributed by atoms with Crippen molar-refractivity contribution in [2.75, 3.05) is 17.2 Å². The molecule has 1 atom stereocenters. The lowest BCUT2D eigenvalue weighted by molar-refractivity contribution is 0.860. The highest BCUT2D eigenvalue weighted by Crippen LogP contribution is 2.22. The van der Waals surface area contributed by atoms with Crippen LogP contribution < -0.4 is 10.6 Å². The van der Waals surface area contributed by atoms with Gasteiger partial charge in [0, 0.05) is 24.5 Å². The third kappa shape index (κ3) is 3.19. The second-order valence-corrected chi connectivity index (χ2v) is 4.38. The monoisotopic (exact) mass is 257 g/mol. The first kappa shape index (κ1) is 13.3. The van der Waals surface area contributed by atoms with Gasteiger partial charge in [0.1, 0.15) is 18.0 Å². The Morgan fingerprint density at radius 2 is 2.05 bits per heavy atom. The van der Waals surface area contributed by atoms with E-state index in [2.05, 4.69) is 32.5 Å². The molecule has 1 unspecified atom stereocenters. The van der Waals surface area contributed by atoms with E-state index in [0.717, 1.165) is 29.3 Å². The second kappa shape index (κ2) is 6.13. The fraction of sp³-hybridized carbons (Fsp3) is 0.357. The van der Waals surface area contributed by atoms with Crippen LogP contribution in [0.5, 0.6) is 0 Å². The van der Waals surface area contributed by atoms with Crippen molar-refractivity contribution in [3.8, 4) is 0 Å². The molecule has 5 nitrogen and oxygen atoms in total. The Morgan fingerprint density at radius 1 is 1.26 bits per heavy atom. The Bertz CT molecular complexity index is 527. The van der Waals surface area contributed by atoms with E-state index in [0.29, 0.717) is 0 Å². The fourth-order valence-electron chi connectivity index (χ4n) is 1.86. The maximum Gasteiger partial charge on any atom is 0.134 e. The standard InChI is InChI=1S/C14H19N5/c1-4-16-13-10(2)14(18-9-17-13)19-11(3)12-6-5-7-15-8-12/h5-9,11H,4H2,1-3H3,(H2,16,17,18,19). The molecule has 2 N–H and O–H groups in total. The summed E-state index contributed by atoms with van der Waals surface area (Å²) in [7, 11) is 0. The maximum atomic E-state index is 4.30. The first-order chi connectivity index (χ1) is 9.22. The highest BCUT2D eigenvalue weighted by Gasteiger charge is 2.10. The molecule has 0 saturated carbocycles. The average molecular weight is 257 g/mol. The topological polar surface area (TPSA) is 62.7 Å². The van der Waals surface area contributed by atoms with Gasteiger partial charge < -0.3 is 10.6 Å². The first-order valence-electron chi connectivity index (χ1n) is 6.44. The van der Waals surface area contributed by atoms with Gasteiger partial charge in [-0.3, -0.25) is 4.98 Å². The molecule has 0 saturated heterocycles. The summed E-state index contributed by atoms with van der Waals surface area (Å²) in [6, 6.07) is 4.13. The molecule has 2 heterocycles. The van der Waals surface area contributed by atoms with Gasteiger partial charge in [0.05, 0.1) is 6.04 Å². The van der Waals surface area contributed by atoms with Crippen LogP contribution in [0.4, 0.5) is 11.6 Å². The Hall–Kier alpha value is -2.17. The van der Waals surface area contributed by atoms with Crippen molar-refractivity contribution in [1.82, 2.24) is 15.0 Å². The van der Waals surface area contributed by atoms with Crippen LogP contribution in [-0.4, -0.2) is 21.5 Å². The molecule has 0 aliphatic heterocycles. The largest absolute Gasteiger partial charge is 0.370 e. The van der Waals surface area contributed by atoms with Crippen molar-refractivity contribution in [2.24, 2.45) is 0 Å². The second-order valence-electron chi connectivity index (χ2n) is 4.38. The number of aromatic nitrogens is 3. The van der Waals surface area contributed by atoms with Crippen LogP contribution in [0.3, 0.4) is 0 Å². The van der Waals surface area contributed by atoms with Gasteiger partial charge in [-0.1, -0.05) is 6.07 Å². The van der Waals surface area contributed by atoms with E-state index in [1.54, 1.807) is 12.5 Å². The van der Waals surface area contributed by atoms with Crippen LogP contribution in [0.2, 0.25) is 0 Å². The Kier molecular flexibility index (Phi) is 4.28. The fourth-order valence-corrected chi connectivity index (χ4v) is 1.86. The number of nitrogens with one attached hydrogen (secondary N) is 2. The quantitative estimate of drug-likeness (QED) is 0.862. The van der Waals surface area contributed by atoms with E-state index < -0.39 is 0 Å². The lowest BCUT2D eigenvalue weighted by Crippen LogP contribution is -2.11. The van der Waals surface area contributed by atoms with Gasteiger partial charge in [0.25, 0.3) is 0 Å². The van der Waals surface area contributed by atoms with Crippen molar-refractivity contribution in [2.45, 2.75) is 26.8 Å². The summed E-state index contributed by atoms with van der Waals surface area (Å²) in [5, 5.41) is 6.62. The third-order valence-corrected chi connectivity index (χ3v) is 2.97. The summed E-state index contributed by atoms with van der Waals surface area (Å²) in [6.07, 6.45) is 5.21. The predicted octanol–water partition coefficient (Wildman–Crippen LogP) is 2.78. The number of anilines is 2. The minimum Gasteiger partial charge on any atom is -0.370 e. The lowest BCUT2D eigenvalue weighted by atomic mass is 10.1. The zero-order valence-corrected chi connectivity index (χ0v) is 11.5. The van der Waals surface area contributed by atoms with Crippen LogP contribution >= 0.6 is 0 Å². The molecule has 100 valence electrons. The molecule has 2 rings (SSSR count). The number of rotatable bonds is 5. The van der Waals surface area contributed by atoms with E-state index in [1.807, 2.05) is 32.2 Å². The van der Waals surface area contributed by atoms with Crippen molar-refractivity contribution in [1.29, 1.82) is 0 Å². The van der Waals surface area contributed by atoms with E-state index in [1.165, 1.54) is 0 Å². The van der Waals surface area contributed by atoms with Gasteiger partial charge in [-0.05, 0) is 32.4 Å². The molecule has 0 aliphatic carbocycles. The molecule has 0 amide bonds. The minimum absolute atomic E-state index is 0.150. The molecule has 0 aliphatic rings. The van der Waals surface area contributed by atoms with Crippen LogP contribution in [0.25, 0.3) is 0 Å². The minimum atomic E-state index is 0.150.